The van der Waals surface area contributed by atoms with Crippen LogP contribution in [0.15, 0.2) is 0 Å². The van der Waals surface area contributed by atoms with Crippen molar-refractivity contribution in [3.05, 3.63) is 0 Å². The predicted molar refractivity (Wildman–Crippen MR) is 50.7 cm³/mol. The number of thioether (sulfide) groups is 1. The highest BCUT2D eigenvalue weighted by Gasteiger charge is 2.35. The Hall–Kier alpha value is 0.310. The third-order valence-electron chi connectivity index (χ3n) is 3.24. The minimum atomic E-state index is 0.863. The molecule has 64 valence electrons. The van der Waals surface area contributed by atoms with Crippen molar-refractivity contribution in [3.63, 3.8) is 0 Å². The van der Waals surface area contributed by atoms with Crippen molar-refractivity contribution in [3.8, 4) is 0 Å². The van der Waals surface area contributed by atoms with Crippen molar-refractivity contribution in [1.29, 1.82) is 0 Å². The van der Waals surface area contributed by atoms with E-state index < -0.39 is 0 Å². The Bertz CT molecular complexity index is 116. The van der Waals surface area contributed by atoms with Gasteiger partial charge in [0.1, 0.15) is 0 Å². The molecule has 0 bridgehead atoms. The number of hydrogen-bond acceptors (Lipinski definition) is 2. The molecule has 1 saturated heterocycles. The predicted octanol–water partition coefficient (Wildman–Crippen LogP) is 1.87. The van der Waals surface area contributed by atoms with Gasteiger partial charge >= 0.3 is 0 Å². The Morgan fingerprint density at radius 1 is 1.36 bits per heavy atom. The molecule has 1 aliphatic heterocycles. The summed E-state index contributed by atoms with van der Waals surface area (Å²) in [6.07, 6.45) is 5.80. The highest BCUT2D eigenvalue weighted by molar-refractivity contribution is 8.01. The third-order valence-corrected chi connectivity index (χ3v) is 4.72. The molecule has 2 N–H and O–H groups in total. The van der Waals surface area contributed by atoms with Gasteiger partial charge in [-0.25, -0.2) is 0 Å². The topological polar surface area (TPSA) is 26.0 Å². The molecular formula is C9H17NS. The van der Waals surface area contributed by atoms with E-state index in [9.17, 15) is 0 Å². The minimum Gasteiger partial charge on any atom is -0.330 e. The molecule has 2 heteroatoms. The highest BCUT2D eigenvalue weighted by atomic mass is 32.2. The van der Waals surface area contributed by atoms with Gasteiger partial charge in [-0.3, -0.25) is 0 Å². The molecule has 2 fully saturated rings. The maximum Gasteiger partial charge on any atom is 0.00978 e. The average molecular weight is 171 g/mol. The molecule has 2 aliphatic rings. The molecule has 2 unspecified atom stereocenters. The van der Waals surface area contributed by atoms with Gasteiger partial charge in [0.15, 0.2) is 0 Å². The smallest absolute Gasteiger partial charge is 0.00978 e. The van der Waals surface area contributed by atoms with Crippen LogP contribution in [-0.4, -0.2) is 17.5 Å². The molecule has 1 saturated carbocycles. The summed E-state index contributed by atoms with van der Waals surface area (Å²) in [5, 5.41) is 0.935. The molecule has 1 aliphatic carbocycles. The summed E-state index contributed by atoms with van der Waals surface area (Å²) in [5.74, 6) is 3.24. The van der Waals surface area contributed by atoms with Crippen LogP contribution in [0.5, 0.6) is 0 Å². The second-order valence-electron chi connectivity index (χ2n) is 3.79. The van der Waals surface area contributed by atoms with E-state index in [1.165, 1.54) is 31.4 Å². The monoisotopic (exact) mass is 171 g/mol. The molecule has 1 heterocycles. The lowest BCUT2D eigenvalue weighted by Gasteiger charge is -2.41. The maximum absolute atomic E-state index is 5.78. The lowest BCUT2D eigenvalue weighted by Crippen LogP contribution is -2.39. The quantitative estimate of drug-likeness (QED) is 0.701. The SMILES string of the molecule is NCC(C1CCC1)C1CCS1. The zero-order chi connectivity index (χ0) is 7.68. The Balaban J connectivity index is 1.83. The molecule has 1 nitrogen and oxygen atoms in total. The van der Waals surface area contributed by atoms with Gasteiger partial charge in [-0.1, -0.05) is 19.3 Å². The van der Waals surface area contributed by atoms with E-state index in [0.717, 1.165) is 23.6 Å². The standard InChI is InChI=1S/C9H17NS/c10-6-8(7-2-1-3-7)9-4-5-11-9/h7-9H,1-6,10H2. The molecular weight excluding hydrogens is 154 g/mol. The second kappa shape index (κ2) is 3.36. The van der Waals surface area contributed by atoms with E-state index >= 15 is 0 Å². The summed E-state index contributed by atoms with van der Waals surface area (Å²) in [6.45, 7) is 0.933. The van der Waals surface area contributed by atoms with Crippen molar-refractivity contribution in [2.75, 3.05) is 12.3 Å². The van der Waals surface area contributed by atoms with Gasteiger partial charge in [-0.2, -0.15) is 11.8 Å². The van der Waals surface area contributed by atoms with E-state index in [1.807, 2.05) is 0 Å². The van der Waals surface area contributed by atoms with Crippen LogP contribution in [0.3, 0.4) is 0 Å². The van der Waals surface area contributed by atoms with E-state index in [1.54, 1.807) is 0 Å². The summed E-state index contributed by atoms with van der Waals surface area (Å²) in [6, 6.07) is 0. The fraction of sp³-hybridized carbons (Fsp3) is 1.00. The molecule has 2 rings (SSSR count). The summed E-state index contributed by atoms with van der Waals surface area (Å²) < 4.78 is 0. The van der Waals surface area contributed by atoms with Crippen LogP contribution in [0.25, 0.3) is 0 Å². The molecule has 0 spiro atoms. The summed E-state index contributed by atoms with van der Waals surface area (Å²) in [4.78, 5) is 0. The molecule has 0 aromatic heterocycles. The molecule has 0 radical (unpaired) electrons. The molecule has 0 amide bonds. The Kier molecular flexibility index (Phi) is 2.42. The van der Waals surface area contributed by atoms with Gasteiger partial charge in [-0.15, -0.1) is 0 Å². The van der Waals surface area contributed by atoms with Crippen molar-refractivity contribution in [1.82, 2.24) is 0 Å². The van der Waals surface area contributed by atoms with Crippen molar-refractivity contribution in [2.45, 2.75) is 30.9 Å². The Morgan fingerprint density at radius 2 is 2.09 bits per heavy atom. The van der Waals surface area contributed by atoms with Gasteiger partial charge < -0.3 is 5.73 Å². The van der Waals surface area contributed by atoms with Crippen LogP contribution < -0.4 is 5.73 Å². The summed E-state index contributed by atoms with van der Waals surface area (Å²) >= 11 is 2.14. The van der Waals surface area contributed by atoms with Crippen LogP contribution in [0, 0.1) is 11.8 Å². The first-order valence-corrected chi connectivity index (χ1v) is 5.78. The zero-order valence-corrected chi connectivity index (χ0v) is 7.78. The first-order chi connectivity index (χ1) is 5.42. The Labute approximate surface area is 73.1 Å². The van der Waals surface area contributed by atoms with E-state index in [4.69, 9.17) is 5.73 Å². The molecule has 11 heavy (non-hydrogen) atoms. The lowest BCUT2D eigenvalue weighted by atomic mass is 9.74. The van der Waals surface area contributed by atoms with Crippen LogP contribution in [0.4, 0.5) is 0 Å². The van der Waals surface area contributed by atoms with E-state index in [0.29, 0.717) is 0 Å². The molecule has 0 aromatic carbocycles. The average Bonchev–Trinajstić information content (AvgIpc) is 1.78. The fourth-order valence-electron chi connectivity index (χ4n) is 2.11. The maximum atomic E-state index is 5.78. The van der Waals surface area contributed by atoms with E-state index in [2.05, 4.69) is 11.8 Å². The van der Waals surface area contributed by atoms with Crippen LogP contribution in [0.1, 0.15) is 25.7 Å². The van der Waals surface area contributed by atoms with Crippen LogP contribution in [-0.2, 0) is 0 Å². The van der Waals surface area contributed by atoms with Crippen LogP contribution >= 0.6 is 11.8 Å². The number of hydrogen-bond donors (Lipinski definition) is 1. The van der Waals surface area contributed by atoms with Gasteiger partial charge in [0.25, 0.3) is 0 Å². The normalized spacial score (nSPS) is 34.1. The molecule has 0 aromatic rings. The first-order valence-electron chi connectivity index (χ1n) is 4.73. The van der Waals surface area contributed by atoms with Crippen molar-refractivity contribution in [2.24, 2.45) is 17.6 Å². The largest absolute Gasteiger partial charge is 0.330 e. The van der Waals surface area contributed by atoms with Gasteiger partial charge in [0.2, 0.25) is 0 Å². The number of rotatable bonds is 3. The van der Waals surface area contributed by atoms with E-state index in [-0.39, 0.29) is 0 Å². The third kappa shape index (κ3) is 1.43. The summed E-state index contributed by atoms with van der Waals surface area (Å²) in [7, 11) is 0. The van der Waals surface area contributed by atoms with Gasteiger partial charge in [-0.05, 0) is 30.6 Å². The first kappa shape index (κ1) is 7.93. The van der Waals surface area contributed by atoms with Gasteiger partial charge in [0.05, 0.1) is 0 Å². The van der Waals surface area contributed by atoms with Crippen molar-refractivity contribution >= 4 is 11.8 Å². The Morgan fingerprint density at radius 3 is 2.36 bits per heavy atom. The van der Waals surface area contributed by atoms with Crippen molar-refractivity contribution < 1.29 is 0 Å². The van der Waals surface area contributed by atoms with Gasteiger partial charge in [0, 0.05) is 5.25 Å². The second-order valence-corrected chi connectivity index (χ2v) is 5.14. The highest BCUT2D eigenvalue weighted by Crippen LogP contribution is 2.43. The lowest BCUT2D eigenvalue weighted by molar-refractivity contribution is 0.202. The zero-order valence-electron chi connectivity index (χ0n) is 6.96. The minimum absolute atomic E-state index is 0.863. The molecule has 2 atom stereocenters. The summed E-state index contributed by atoms with van der Waals surface area (Å²) in [5.41, 5.74) is 5.78. The van der Waals surface area contributed by atoms with Crippen LogP contribution in [0.2, 0.25) is 0 Å². The number of nitrogens with two attached hydrogens (primary N) is 1. The fourth-order valence-corrected chi connectivity index (χ4v) is 3.20.